The first kappa shape index (κ1) is 21.3. The van der Waals surface area contributed by atoms with Gasteiger partial charge < -0.3 is 9.26 Å². The zero-order valence-corrected chi connectivity index (χ0v) is 18.4. The second-order valence-electron chi connectivity index (χ2n) is 7.00. The molecule has 2 heterocycles. The lowest BCUT2D eigenvalue weighted by atomic mass is 10.2. The second-order valence-corrected chi connectivity index (χ2v) is 9.42. The van der Waals surface area contributed by atoms with Gasteiger partial charge in [0.1, 0.15) is 10.6 Å². The topological polar surface area (TPSA) is 106 Å². The summed E-state index contributed by atoms with van der Waals surface area (Å²) >= 11 is 6.36. The van der Waals surface area contributed by atoms with Crippen molar-refractivity contribution in [1.29, 1.82) is 0 Å². The second kappa shape index (κ2) is 8.29. The van der Waals surface area contributed by atoms with Crippen LogP contribution in [0.4, 0.5) is 5.69 Å². The molecule has 1 aliphatic heterocycles. The van der Waals surface area contributed by atoms with E-state index >= 15 is 0 Å². The summed E-state index contributed by atoms with van der Waals surface area (Å²) < 4.78 is 38.0. The minimum absolute atomic E-state index is 0.0220. The van der Waals surface area contributed by atoms with Crippen LogP contribution in [-0.2, 0) is 27.9 Å². The number of amides is 1. The smallest absolute Gasteiger partial charge is 0.265 e. The summed E-state index contributed by atoms with van der Waals surface area (Å²) in [4.78, 5) is 17.8. The number of nitrogens with zero attached hydrogens (tertiary/aromatic N) is 4. The summed E-state index contributed by atoms with van der Waals surface area (Å²) in [5.74, 6) is 0.588. The molecule has 0 N–H and O–H groups in total. The highest BCUT2D eigenvalue weighted by atomic mass is 35.5. The lowest BCUT2D eigenvalue weighted by Crippen LogP contribution is -2.38. The van der Waals surface area contributed by atoms with Crippen molar-refractivity contribution >= 4 is 33.2 Å². The summed E-state index contributed by atoms with van der Waals surface area (Å²) in [5.41, 5.74) is 1.18. The fourth-order valence-electron chi connectivity index (χ4n) is 3.21. The third kappa shape index (κ3) is 4.27. The van der Waals surface area contributed by atoms with E-state index in [9.17, 15) is 13.2 Å². The molecule has 1 aliphatic rings. The quantitative estimate of drug-likeness (QED) is 0.554. The number of sulfonamides is 1. The van der Waals surface area contributed by atoms with Gasteiger partial charge in [-0.1, -0.05) is 47.1 Å². The first-order chi connectivity index (χ1) is 14.8. The summed E-state index contributed by atoms with van der Waals surface area (Å²) in [5, 5.41) is 3.78. The van der Waals surface area contributed by atoms with Gasteiger partial charge >= 0.3 is 0 Å². The van der Waals surface area contributed by atoms with Gasteiger partial charge in [0.05, 0.1) is 17.3 Å². The van der Waals surface area contributed by atoms with Crippen LogP contribution in [0.2, 0.25) is 5.02 Å². The lowest BCUT2D eigenvalue weighted by Gasteiger charge is -2.29. The van der Waals surface area contributed by atoms with Gasteiger partial charge in [-0.25, -0.2) is 8.42 Å². The molecule has 0 aliphatic carbocycles. The molecular weight excluding hydrogens is 444 g/mol. The Labute approximate surface area is 184 Å². The summed E-state index contributed by atoms with van der Waals surface area (Å²) in [6.07, 6.45) is 0. The van der Waals surface area contributed by atoms with Gasteiger partial charge in [-0.15, -0.1) is 0 Å². The lowest BCUT2D eigenvalue weighted by molar-refractivity contribution is -0.121. The Balaban J connectivity index is 1.66. The van der Waals surface area contributed by atoms with Crippen molar-refractivity contribution in [3.8, 4) is 5.75 Å². The van der Waals surface area contributed by atoms with Crippen molar-refractivity contribution in [3.63, 3.8) is 0 Å². The third-order valence-corrected chi connectivity index (χ3v) is 7.03. The van der Waals surface area contributed by atoms with E-state index in [2.05, 4.69) is 10.1 Å². The van der Waals surface area contributed by atoms with Crippen LogP contribution >= 0.6 is 11.6 Å². The number of hydrogen-bond donors (Lipinski definition) is 0. The van der Waals surface area contributed by atoms with E-state index < -0.39 is 10.0 Å². The Morgan fingerprint density at radius 3 is 2.65 bits per heavy atom. The first-order valence-electron chi connectivity index (χ1n) is 9.32. The highest BCUT2D eigenvalue weighted by Crippen LogP contribution is 2.39. The maximum atomic E-state index is 13.2. The van der Waals surface area contributed by atoms with E-state index in [1.165, 1.54) is 28.4 Å². The van der Waals surface area contributed by atoms with Crippen molar-refractivity contribution in [2.24, 2.45) is 0 Å². The molecule has 31 heavy (non-hydrogen) atoms. The molecule has 0 bridgehead atoms. The van der Waals surface area contributed by atoms with Crippen LogP contribution in [-0.4, -0.2) is 42.4 Å². The van der Waals surface area contributed by atoms with E-state index in [1.54, 1.807) is 6.92 Å². The van der Waals surface area contributed by atoms with Crippen molar-refractivity contribution in [2.45, 2.75) is 24.9 Å². The van der Waals surface area contributed by atoms with Gasteiger partial charge in [0, 0.05) is 26.6 Å². The number of ether oxygens (including phenoxy) is 1. The minimum Gasteiger partial charge on any atom is -0.482 e. The van der Waals surface area contributed by atoms with Crippen molar-refractivity contribution in [2.75, 3.05) is 18.6 Å². The van der Waals surface area contributed by atoms with E-state index in [0.29, 0.717) is 17.4 Å². The van der Waals surface area contributed by atoms with Gasteiger partial charge in [-0.2, -0.15) is 9.29 Å². The van der Waals surface area contributed by atoms with Crippen LogP contribution in [0.5, 0.6) is 5.75 Å². The molecule has 1 amide bonds. The normalized spacial score (nSPS) is 13.9. The molecule has 0 saturated heterocycles. The minimum atomic E-state index is -3.91. The Morgan fingerprint density at radius 2 is 1.97 bits per heavy atom. The molecule has 2 aromatic carbocycles. The molecular formula is C20H19ClN4O5S. The van der Waals surface area contributed by atoms with Crippen LogP contribution in [0.3, 0.4) is 0 Å². The zero-order chi connectivity index (χ0) is 22.2. The van der Waals surface area contributed by atoms with Crippen LogP contribution < -0.4 is 9.64 Å². The number of rotatable bonds is 6. The third-order valence-electron chi connectivity index (χ3n) is 4.76. The fraction of sp³-hybridized carbons (Fsp3) is 0.250. The standard InChI is InChI=1S/C20H19ClN4O5S/c1-13-22-19(23-30-13)11-25-16-8-15(21)18(9-17(16)29-12-20(25)26)31(27,28)24(2)10-14-6-4-3-5-7-14/h3-9H,10-12H2,1-2H3. The van der Waals surface area contributed by atoms with Crippen LogP contribution in [0.15, 0.2) is 51.9 Å². The molecule has 0 unspecified atom stereocenters. The average Bonchev–Trinajstić information content (AvgIpc) is 3.15. The number of carbonyl (C=O) groups is 1. The zero-order valence-electron chi connectivity index (χ0n) is 16.8. The predicted octanol–water partition coefficient (Wildman–Crippen LogP) is 2.78. The van der Waals surface area contributed by atoms with Crippen LogP contribution in [0.1, 0.15) is 17.3 Å². The van der Waals surface area contributed by atoms with Gasteiger partial charge in [0.2, 0.25) is 15.9 Å². The number of carbonyl (C=O) groups excluding carboxylic acids is 1. The monoisotopic (exact) mass is 462 g/mol. The number of anilines is 1. The number of halogens is 1. The molecule has 4 rings (SSSR count). The van der Waals surface area contributed by atoms with E-state index in [4.69, 9.17) is 20.9 Å². The molecule has 0 fully saturated rings. The SMILES string of the molecule is Cc1nc(CN2C(=O)COc3cc(S(=O)(=O)N(C)Cc4ccccc4)c(Cl)cc32)no1. The fourth-order valence-corrected chi connectivity index (χ4v) is 4.88. The van der Waals surface area contributed by atoms with Gasteiger partial charge in [-0.3, -0.25) is 9.69 Å². The van der Waals surface area contributed by atoms with E-state index in [1.807, 2.05) is 30.3 Å². The van der Waals surface area contributed by atoms with E-state index in [0.717, 1.165) is 5.56 Å². The maximum Gasteiger partial charge on any atom is 0.265 e. The molecule has 3 aromatic rings. The molecule has 162 valence electrons. The highest BCUT2D eigenvalue weighted by molar-refractivity contribution is 7.89. The number of fused-ring (bicyclic) bond motifs is 1. The number of benzene rings is 2. The largest absolute Gasteiger partial charge is 0.482 e. The van der Waals surface area contributed by atoms with Crippen LogP contribution in [0, 0.1) is 6.92 Å². The van der Waals surface area contributed by atoms with Gasteiger partial charge in [-0.05, 0) is 11.6 Å². The Kier molecular flexibility index (Phi) is 5.69. The first-order valence-corrected chi connectivity index (χ1v) is 11.1. The van der Waals surface area contributed by atoms with Gasteiger partial charge in [0.25, 0.3) is 5.91 Å². The van der Waals surface area contributed by atoms with Crippen LogP contribution in [0.25, 0.3) is 0 Å². The van der Waals surface area contributed by atoms with Crippen molar-refractivity contribution in [3.05, 3.63) is 64.8 Å². The Hall–Kier alpha value is -2.95. The Morgan fingerprint density at radius 1 is 1.23 bits per heavy atom. The van der Waals surface area contributed by atoms with Crippen molar-refractivity contribution < 1.29 is 22.5 Å². The molecule has 1 aromatic heterocycles. The summed E-state index contributed by atoms with van der Waals surface area (Å²) in [7, 11) is -2.43. The predicted molar refractivity (Wildman–Crippen MR) is 112 cm³/mol. The number of aromatic nitrogens is 2. The average molecular weight is 463 g/mol. The maximum absolute atomic E-state index is 13.2. The number of aryl methyl sites for hydroxylation is 1. The Bertz CT molecular complexity index is 1230. The van der Waals surface area contributed by atoms with Gasteiger partial charge in [0.15, 0.2) is 12.4 Å². The molecule has 0 spiro atoms. The molecule has 11 heteroatoms. The number of hydrogen-bond acceptors (Lipinski definition) is 7. The molecule has 0 saturated carbocycles. The summed E-state index contributed by atoms with van der Waals surface area (Å²) in [6, 6.07) is 12.0. The van der Waals surface area contributed by atoms with Crippen molar-refractivity contribution in [1.82, 2.24) is 14.4 Å². The molecule has 0 radical (unpaired) electrons. The molecule has 0 atom stereocenters. The molecule has 9 nitrogen and oxygen atoms in total. The van der Waals surface area contributed by atoms with E-state index in [-0.39, 0.29) is 41.3 Å². The highest BCUT2D eigenvalue weighted by Gasteiger charge is 2.32. The summed E-state index contributed by atoms with van der Waals surface area (Å²) in [6.45, 7) is 1.62.